The fourth-order valence-corrected chi connectivity index (χ4v) is 4.85. The number of thiophene rings is 1. The Labute approximate surface area is 133 Å². The van der Waals surface area contributed by atoms with Crippen LogP contribution in [-0.4, -0.2) is 0 Å². The lowest BCUT2D eigenvalue weighted by Crippen LogP contribution is -1.87. The monoisotopic (exact) mass is 315 g/mol. The van der Waals surface area contributed by atoms with Crippen molar-refractivity contribution in [1.29, 1.82) is 0 Å². The van der Waals surface area contributed by atoms with E-state index in [1.54, 1.807) is 23.9 Å². The van der Waals surface area contributed by atoms with Crippen LogP contribution >= 0.6 is 23.1 Å². The van der Waals surface area contributed by atoms with Crippen LogP contribution in [0.25, 0.3) is 11.1 Å². The van der Waals surface area contributed by atoms with Crippen LogP contribution in [0.15, 0.2) is 57.6 Å². The number of hydrogen-bond donors (Lipinski definition) is 1. The number of thioether (sulfide) groups is 1. The van der Waals surface area contributed by atoms with E-state index in [0.717, 1.165) is 28.3 Å². The summed E-state index contributed by atoms with van der Waals surface area (Å²) >= 11 is 3.55. The van der Waals surface area contributed by atoms with Gasteiger partial charge in [-0.05, 0) is 23.6 Å². The van der Waals surface area contributed by atoms with Crippen molar-refractivity contribution in [2.45, 2.75) is 23.3 Å². The molecule has 0 amide bonds. The zero-order chi connectivity index (χ0) is 14.7. The van der Waals surface area contributed by atoms with Crippen molar-refractivity contribution < 1.29 is 4.42 Å². The molecule has 0 aliphatic rings. The molecule has 3 rings (SSSR count). The molecule has 2 N–H and O–H groups in total. The standard InChI is InChI=1S/C17H17NOS2/c1-2-14-15(13-8-9-19-10-13)16(18)21-17(14)20-11-12-6-4-3-5-7-12/h3-10H,2,11,18H2,1H3. The van der Waals surface area contributed by atoms with Crippen molar-refractivity contribution in [2.75, 3.05) is 5.73 Å². The van der Waals surface area contributed by atoms with Crippen molar-refractivity contribution in [1.82, 2.24) is 0 Å². The van der Waals surface area contributed by atoms with Crippen molar-refractivity contribution in [3.8, 4) is 11.1 Å². The van der Waals surface area contributed by atoms with Crippen LogP contribution in [0, 0.1) is 0 Å². The van der Waals surface area contributed by atoms with Gasteiger partial charge < -0.3 is 10.2 Å². The fraction of sp³-hybridized carbons (Fsp3) is 0.176. The van der Waals surface area contributed by atoms with Gasteiger partial charge >= 0.3 is 0 Å². The molecule has 0 radical (unpaired) electrons. The number of anilines is 1. The molecule has 2 heterocycles. The Kier molecular flexibility index (Phi) is 4.36. The Hall–Kier alpha value is -1.65. The second kappa shape index (κ2) is 6.41. The van der Waals surface area contributed by atoms with Crippen LogP contribution in [0.2, 0.25) is 0 Å². The molecule has 0 saturated heterocycles. The lowest BCUT2D eigenvalue weighted by atomic mass is 10.1. The zero-order valence-electron chi connectivity index (χ0n) is 11.8. The SMILES string of the molecule is CCc1c(SCc2ccccc2)sc(N)c1-c1ccoc1. The Bertz CT molecular complexity index is 702. The highest BCUT2D eigenvalue weighted by Gasteiger charge is 2.17. The van der Waals surface area contributed by atoms with Gasteiger partial charge in [-0.25, -0.2) is 0 Å². The summed E-state index contributed by atoms with van der Waals surface area (Å²) in [6.45, 7) is 2.18. The first-order valence-corrected chi connectivity index (χ1v) is 8.70. The summed E-state index contributed by atoms with van der Waals surface area (Å²) in [5, 5.41) is 0.879. The summed E-state index contributed by atoms with van der Waals surface area (Å²) in [7, 11) is 0. The molecule has 1 aromatic carbocycles. The van der Waals surface area contributed by atoms with E-state index >= 15 is 0 Å². The smallest absolute Gasteiger partial charge is 0.0982 e. The summed E-state index contributed by atoms with van der Waals surface area (Å²) in [5.74, 6) is 0.971. The van der Waals surface area contributed by atoms with Crippen LogP contribution in [-0.2, 0) is 12.2 Å². The van der Waals surface area contributed by atoms with Crippen molar-refractivity contribution in [2.24, 2.45) is 0 Å². The largest absolute Gasteiger partial charge is 0.472 e. The van der Waals surface area contributed by atoms with Gasteiger partial charge in [-0.15, -0.1) is 23.1 Å². The normalized spacial score (nSPS) is 10.9. The van der Waals surface area contributed by atoms with Crippen LogP contribution < -0.4 is 5.73 Å². The first kappa shape index (κ1) is 14.3. The second-order valence-electron chi connectivity index (χ2n) is 4.75. The predicted molar refractivity (Wildman–Crippen MR) is 91.8 cm³/mol. The van der Waals surface area contributed by atoms with Gasteiger partial charge in [0.05, 0.1) is 21.7 Å². The van der Waals surface area contributed by atoms with Gasteiger partial charge in [-0.2, -0.15) is 0 Å². The molecular weight excluding hydrogens is 298 g/mol. The van der Waals surface area contributed by atoms with E-state index in [-0.39, 0.29) is 0 Å². The minimum absolute atomic E-state index is 0.879. The average molecular weight is 315 g/mol. The zero-order valence-corrected chi connectivity index (χ0v) is 13.5. The molecule has 3 aromatic rings. The van der Waals surface area contributed by atoms with E-state index in [2.05, 4.69) is 31.2 Å². The van der Waals surface area contributed by atoms with Crippen LogP contribution in [0.3, 0.4) is 0 Å². The summed E-state index contributed by atoms with van der Waals surface area (Å²) in [4.78, 5) is 0. The van der Waals surface area contributed by atoms with E-state index < -0.39 is 0 Å². The van der Waals surface area contributed by atoms with Gasteiger partial charge in [-0.3, -0.25) is 0 Å². The minimum atomic E-state index is 0.879. The maximum atomic E-state index is 6.24. The van der Waals surface area contributed by atoms with Crippen LogP contribution in [0.4, 0.5) is 5.00 Å². The van der Waals surface area contributed by atoms with Gasteiger partial charge in [0.2, 0.25) is 0 Å². The maximum absolute atomic E-state index is 6.24. The Morgan fingerprint density at radius 3 is 2.67 bits per heavy atom. The van der Waals surface area contributed by atoms with Crippen molar-refractivity contribution >= 4 is 28.1 Å². The van der Waals surface area contributed by atoms with Gasteiger partial charge in [0, 0.05) is 16.9 Å². The molecule has 0 saturated carbocycles. The third-order valence-electron chi connectivity index (χ3n) is 3.37. The number of nitrogens with two attached hydrogens (primary N) is 1. The van der Waals surface area contributed by atoms with E-state index in [1.165, 1.54) is 15.3 Å². The summed E-state index contributed by atoms with van der Waals surface area (Å²) < 4.78 is 6.52. The maximum Gasteiger partial charge on any atom is 0.0982 e. The van der Waals surface area contributed by atoms with E-state index in [1.807, 2.05) is 23.9 Å². The van der Waals surface area contributed by atoms with E-state index in [4.69, 9.17) is 10.2 Å². The number of benzene rings is 1. The van der Waals surface area contributed by atoms with Crippen molar-refractivity contribution in [3.63, 3.8) is 0 Å². The van der Waals surface area contributed by atoms with E-state index in [0.29, 0.717) is 0 Å². The minimum Gasteiger partial charge on any atom is -0.472 e. The molecule has 0 fully saturated rings. The van der Waals surface area contributed by atoms with Gasteiger partial charge in [0.25, 0.3) is 0 Å². The topological polar surface area (TPSA) is 39.2 Å². The first-order chi connectivity index (χ1) is 10.3. The van der Waals surface area contributed by atoms with Gasteiger partial charge in [0.15, 0.2) is 0 Å². The average Bonchev–Trinajstić information content (AvgIpc) is 3.13. The molecular formula is C17H17NOS2. The lowest BCUT2D eigenvalue weighted by Gasteiger charge is -2.04. The molecule has 0 aliphatic heterocycles. The number of rotatable bonds is 5. The molecule has 2 aromatic heterocycles. The van der Waals surface area contributed by atoms with Crippen LogP contribution in [0.5, 0.6) is 0 Å². The Balaban J connectivity index is 1.88. The molecule has 2 nitrogen and oxygen atoms in total. The van der Waals surface area contributed by atoms with E-state index in [9.17, 15) is 0 Å². The third kappa shape index (κ3) is 3.01. The highest BCUT2D eigenvalue weighted by Crippen LogP contribution is 2.44. The summed E-state index contributed by atoms with van der Waals surface area (Å²) in [6.07, 6.45) is 4.44. The molecule has 0 spiro atoms. The molecule has 0 atom stereocenters. The molecule has 4 heteroatoms. The molecule has 108 valence electrons. The van der Waals surface area contributed by atoms with Gasteiger partial charge in [0.1, 0.15) is 0 Å². The Morgan fingerprint density at radius 1 is 1.19 bits per heavy atom. The number of furan rings is 1. The molecule has 0 bridgehead atoms. The Morgan fingerprint density at radius 2 is 2.00 bits per heavy atom. The molecule has 21 heavy (non-hydrogen) atoms. The number of hydrogen-bond acceptors (Lipinski definition) is 4. The van der Waals surface area contributed by atoms with Gasteiger partial charge in [-0.1, -0.05) is 37.3 Å². The highest BCUT2D eigenvalue weighted by molar-refractivity contribution is 8.00. The summed E-state index contributed by atoms with van der Waals surface area (Å²) in [5.41, 5.74) is 11.1. The molecule has 0 aliphatic carbocycles. The highest BCUT2D eigenvalue weighted by atomic mass is 32.2. The lowest BCUT2D eigenvalue weighted by molar-refractivity contribution is 0.568. The van der Waals surface area contributed by atoms with Crippen molar-refractivity contribution in [3.05, 3.63) is 60.1 Å². The molecule has 0 unspecified atom stereocenters. The van der Waals surface area contributed by atoms with Crippen LogP contribution in [0.1, 0.15) is 18.1 Å². The second-order valence-corrected chi connectivity index (χ2v) is 7.04. The number of nitrogen functional groups attached to an aromatic ring is 1. The predicted octanol–water partition coefficient (Wildman–Crippen LogP) is 5.45. The first-order valence-electron chi connectivity index (χ1n) is 6.90. The quantitative estimate of drug-likeness (QED) is 0.637. The summed E-state index contributed by atoms with van der Waals surface area (Å²) in [6, 6.07) is 12.5. The third-order valence-corrected chi connectivity index (χ3v) is 5.82. The fourth-order valence-electron chi connectivity index (χ4n) is 2.35.